The van der Waals surface area contributed by atoms with E-state index in [0.29, 0.717) is 0 Å². The number of nitrogens with zero attached hydrogens (tertiary/aromatic N) is 1. The smallest absolute Gasteiger partial charge is 0.170 e. The van der Waals surface area contributed by atoms with Gasteiger partial charge in [-0.1, -0.05) is 59.6 Å². The van der Waals surface area contributed by atoms with Crippen LogP contribution >= 0.6 is 23.2 Å². The lowest BCUT2D eigenvalue weighted by Crippen LogP contribution is -2.19. The van der Waals surface area contributed by atoms with E-state index in [1.807, 2.05) is 41.0 Å². The third-order valence-electron chi connectivity index (χ3n) is 2.86. The Morgan fingerprint density at radius 1 is 0.824 bits per heavy atom. The van der Waals surface area contributed by atoms with Gasteiger partial charge in [0.15, 0.2) is 4.08 Å². The normalized spacial score (nSPS) is 12.4. The topological polar surface area (TPSA) is 4.93 Å². The first-order chi connectivity index (χ1) is 8.09. The zero-order chi connectivity index (χ0) is 12.0. The van der Waals surface area contributed by atoms with Crippen molar-refractivity contribution in [3.63, 3.8) is 0 Å². The molecule has 3 aromatic rings. The van der Waals surface area contributed by atoms with Crippen LogP contribution < -0.4 is 0 Å². The summed E-state index contributed by atoms with van der Waals surface area (Å²) in [6, 6.07) is 16.1. The van der Waals surface area contributed by atoms with E-state index in [2.05, 4.69) is 22.4 Å². The molecule has 0 spiro atoms. The molecule has 2 aromatic carbocycles. The molecule has 0 aliphatic rings. The average molecular weight is 277 g/mol. The van der Waals surface area contributed by atoms with Crippen molar-refractivity contribution in [3.8, 4) is 0 Å². The van der Waals surface area contributed by atoms with E-state index in [1.165, 1.54) is 0 Å². The first kappa shape index (κ1) is 11.1. The summed E-state index contributed by atoms with van der Waals surface area (Å²) < 4.78 is 0.723. The van der Waals surface area contributed by atoms with Gasteiger partial charge < -0.3 is 4.57 Å². The molecule has 0 N–H and O–H groups in total. The van der Waals surface area contributed by atoms with Crippen LogP contribution in [0.1, 0.15) is 0 Å². The second-order valence-electron chi connectivity index (χ2n) is 3.91. The third kappa shape index (κ3) is 1.68. The maximum Gasteiger partial charge on any atom is 0.170 e. The number of hydrogen-bond donors (Lipinski definition) is 0. The molecule has 17 heavy (non-hydrogen) atoms. The Bertz CT molecular complexity index is 644. The van der Waals surface area contributed by atoms with E-state index in [4.69, 9.17) is 23.2 Å². The van der Waals surface area contributed by atoms with Gasteiger partial charge >= 0.3 is 0 Å². The number of para-hydroxylation sites is 2. The lowest BCUT2D eigenvalue weighted by atomic mass is 10.2. The number of alkyl halides is 2. The number of halogens is 2. The van der Waals surface area contributed by atoms with Crippen LogP contribution in [0.5, 0.6) is 0 Å². The maximum absolute atomic E-state index is 6.20. The molecule has 0 atom stereocenters. The monoisotopic (exact) mass is 276 g/mol. The van der Waals surface area contributed by atoms with Crippen molar-refractivity contribution in [2.24, 2.45) is 0 Å². The lowest BCUT2D eigenvalue weighted by Gasteiger charge is -2.18. The minimum absolute atomic E-state index is 1.01. The van der Waals surface area contributed by atoms with Crippen LogP contribution in [0.15, 0.2) is 48.5 Å². The van der Waals surface area contributed by atoms with Crippen LogP contribution in [0.3, 0.4) is 0 Å². The molecule has 0 saturated carbocycles. The summed E-state index contributed by atoms with van der Waals surface area (Å²) in [5, 5.41) is 2.29. The largest absolute Gasteiger partial charge is 0.312 e. The molecule has 0 aliphatic heterocycles. The molecule has 0 fully saturated rings. The minimum Gasteiger partial charge on any atom is -0.312 e. The summed E-state index contributed by atoms with van der Waals surface area (Å²) in [6.45, 7) is 0. The highest BCUT2D eigenvalue weighted by molar-refractivity contribution is 6.62. The predicted molar refractivity (Wildman–Crippen MR) is 74.9 cm³/mol. The van der Waals surface area contributed by atoms with Gasteiger partial charge in [-0.25, -0.2) is 0 Å². The van der Waals surface area contributed by atoms with Crippen LogP contribution in [0, 0.1) is 0 Å². The van der Waals surface area contributed by atoms with Crippen LogP contribution in [-0.2, 0) is 4.08 Å². The zero-order valence-electron chi connectivity index (χ0n) is 8.82. The van der Waals surface area contributed by atoms with Gasteiger partial charge in [-0.05, 0) is 12.1 Å². The Morgan fingerprint density at radius 3 is 1.65 bits per heavy atom. The summed E-state index contributed by atoms with van der Waals surface area (Å²) >= 11 is 12.4. The highest BCUT2D eigenvalue weighted by Gasteiger charge is 2.23. The highest BCUT2D eigenvalue weighted by Crippen LogP contribution is 2.36. The Hall–Kier alpha value is -0.963. The van der Waals surface area contributed by atoms with Crippen LogP contribution in [0.25, 0.3) is 21.8 Å². The van der Waals surface area contributed by atoms with E-state index >= 15 is 0 Å². The zero-order valence-corrected chi connectivity index (χ0v) is 11.3. The Morgan fingerprint density at radius 2 is 1.24 bits per heavy atom. The van der Waals surface area contributed by atoms with Gasteiger partial charge in [-0.3, -0.25) is 0 Å². The quantitative estimate of drug-likeness (QED) is 0.468. The molecule has 3 radical (unpaired) electrons. The third-order valence-corrected chi connectivity index (χ3v) is 3.42. The Labute approximate surface area is 112 Å². The van der Waals surface area contributed by atoms with Crippen molar-refractivity contribution in [1.82, 2.24) is 4.57 Å². The summed E-state index contributed by atoms with van der Waals surface area (Å²) in [6.07, 6.45) is 0. The predicted octanol–water partition coefficient (Wildman–Crippen LogP) is 4.01. The van der Waals surface area contributed by atoms with Gasteiger partial charge in [-0.2, -0.15) is 0 Å². The van der Waals surface area contributed by atoms with Crippen molar-refractivity contribution in [1.29, 1.82) is 0 Å². The molecule has 3 rings (SSSR count). The van der Waals surface area contributed by atoms with Gasteiger partial charge in [0, 0.05) is 10.8 Å². The van der Waals surface area contributed by atoms with Gasteiger partial charge in [0.05, 0.1) is 11.0 Å². The van der Waals surface area contributed by atoms with E-state index < -0.39 is 4.08 Å². The van der Waals surface area contributed by atoms with E-state index in [1.54, 1.807) is 0 Å². The molecule has 1 nitrogen and oxygen atoms in total. The lowest BCUT2D eigenvalue weighted by molar-refractivity contribution is 0.860. The molecule has 1 aromatic heterocycles. The molecule has 0 amide bonds. The molecular weight excluding hydrogens is 269 g/mol. The molecule has 0 saturated heterocycles. The maximum atomic E-state index is 6.20. The molecule has 83 valence electrons. The van der Waals surface area contributed by atoms with Crippen molar-refractivity contribution in [3.05, 3.63) is 48.5 Å². The summed E-state index contributed by atoms with van der Waals surface area (Å²) in [7, 11) is 3.36. The SMILES string of the molecule is [Si]C(Cl)(Cl)n1c2ccccc2c2ccccc21. The first-order valence-corrected chi connectivity index (χ1v) is 6.46. The fraction of sp³-hybridized carbons (Fsp3) is 0.0769. The van der Waals surface area contributed by atoms with Crippen molar-refractivity contribution in [2.75, 3.05) is 0 Å². The van der Waals surface area contributed by atoms with Gasteiger partial charge in [-0.15, -0.1) is 0 Å². The van der Waals surface area contributed by atoms with E-state index in [0.717, 1.165) is 21.8 Å². The number of benzene rings is 2. The van der Waals surface area contributed by atoms with Crippen molar-refractivity contribution >= 4 is 55.3 Å². The number of aromatic nitrogens is 1. The van der Waals surface area contributed by atoms with Crippen molar-refractivity contribution in [2.45, 2.75) is 4.08 Å². The van der Waals surface area contributed by atoms with Crippen LogP contribution in [0.4, 0.5) is 0 Å². The van der Waals surface area contributed by atoms with Gasteiger partial charge in [0.2, 0.25) is 0 Å². The van der Waals surface area contributed by atoms with Gasteiger partial charge in [0.1, 0.15) is 10.2 Å². The van der Waals surface area contributed by atoms with Crippen molar-refractivity contribution < 1.29 is 0 Å². The fourth-order valence-electron chi connectivity index (χ4n) is 2.23. The molecule has 0 aliphatic carbocycles. The number of hydrogen-bond acceptors (Lipinski definition) is 0. The standard InChI is InChI=1S/C13H8Cl2NSi/c14-13(15,17)16-11-7-3-1-5-9(11)10-6-2-4-8-12(10)16/h1-8H. The summed E-state index contributed by atoms with van der Waals surface area (Å²) in [4.78, 5) is 0. The second kappa shape index (κ2) is 3.77. The van der Waals surface area contributed by atoms with Crippen LogP contribution in [0.2, 0.25) is 0 Å². The molecule has 1 heterocycles. The summed E-state index contributed by atoms with van der Waals surface area (Å²) in [5.41, 5.74) is 2.02. The highest BCUT2D eigenvalue weighted by atomic mass is 35.5. The molecule has 0 bridgehead atoms. The number of fused-ring (bicyclic) bond motifs is 3. The minimum atomic E-state index is -1.15. The first-order valence-electron chi connectivity index (χ1n) is 5.20. The molecule has 0 unspecified atom stereocenters. The van der Waals surface area contributed by atoms with E-state index in [9.17, 15) is 0 Å². The Kier molecular flexibility index (Phi) is 2.47. The van der Waals surface area contributed by atoms with Gasteiger partial charge in [0.25, 0.3) is 0 Å². The Balaban J connectivity index is 2.60. The van der Waals surface area contributed by atoms with Crippen LogP contribution in [-0.4, -0.2) is 14.8 Å². The second-order valence-corrected chi connectivity index (χ2v) is 6.56. The molecular formula is C13H8Cl2NSi. The molecule has 4 heteroatoms. The number of rotatable bonds is 1. The fourth-order valence-corrected chi connectivity index (χ4v) is 2.83. The summed E-state index contributed by atoms with van der Waals surface area (Å²) in [5.74, 6) is 0. The van der Waals surface area contributed by atoms with E-state index in [-0.39, 0.29) is 0 Å². The average Bonchev–Trinajstić information content (AvgIpc) is 2.63.